The van der Waals surface area contributed by atoms with E-state index in [9.17, 15) is 0 Å². The third-order valence-corrected chi connectivity index (χ3v) is 4.74. The van der Waals surface area contributed by atoms with Crippen molar-refractivity contribution in [3.8, 4) is 0 Å². The van der Waals surface area contributed by atoms with Gasteiger partial charge in [-0.15, -0.1) is 0 Å². The van der Waals surface area contributed by atoms with Crippen LogP contribution in [0.4, 0.5) is 11.5 Å². The van der Waals surface area contributed by atoms with E-state index in [4.69, 9.17) is 5.73 Å². The second kappa shape index (κ2) is 6.44. The number of nitrogens with zero attached hydrogens (tertiary/aromatic N) is 2. The van der Waals surface area contributed by atoms with Gasteiger partial charge in [-0.3, -0.25) is 0 Å². The van der Waals surface area contributed by atoms with Crippen LogP contribution in [0, 0.1) is 5.92 Å². The highest BCUT2D eigenvalue weighted by Gasteiger charge is 2.23. The van der Waals surface area contributed by atoms with Crippen molar-refractivity contribution in [1.82, 2.24) is 4.98 Å². The number of nitrogens with one attached hydrogen (secondary N) is 1. The van der Waals surface area contributed by atoms with E-state index in [1.807, 2.05) is 6.20 Å². The van der Waals surface area contributed by atoms with E-state index >= 15 is 0 Å². The molecule has 1 aromatic rings. The molecule has 2 unspecified atom stereocenters. The molecule has 4 nitrogen and oxygen atoms in total. The van der Waals surface area contributed by atoms with Gasteiger partial charge < -0.3 is 16.0 Å². The standard InChI is InChI=1S/C16H26N4/c17-11-13-5-1-2-6-15(13)19-14-7-8-16(18-12-14)20-9-3-4-10-20/h7-8,12-13,15,19H,1-6,9-11,17H2. The topological polar surface area (TPSA) is 54.2 Å². The van der Waals surface area contributed by atoms with Crippen molar-refractivity contribution in [3.63, 3.8) is 0 Å². The van der Waals surface area contributed by atoms with Crippen LogP contribution in [-0.2, 0) is 0 Å². The summed E-state index contributed by atoms with van der Waals surface area (Å²) in [6.07, 6.45) is 9.70. The van der Waals surface area contributed by atoms with Crippen LogP contribution in [0.1, 0.15) is 38.5 Å². The van der Waals surface area contributed by atoms with Gasteiger partial charge in [0, 0.05) is 19.1 Å². The maximum absolute atomic E-state index is 5.89. The van der Waals surface area contributed by atoms with Gasteiger partial charge in [-0.25, -0.2) is 4.98 Å². The minimum Gasteiger partial charge on any atom is -0.381 e. The number of aromatic nitrogens is 1. The Morgan fingerprint density at radius 2 is 1.95 bits per heavy atom. The van der Waals surface area contributed by atoms with Crippen LogP contribution >= 0.6 is 0 Å². The number of nitrogens with two attached hydrogens (primary N) is 1. The summed E-state index contributed by atoms with van der Waals surface area (Å²) in [4.78, 5) is 6.98. The lowest BCUT2D eigenvalue weighted by molar-refractivity contribution is 0.332. The Balaban J connectivity index is 1.62. The van der Waals surface area contributed by atoms with E-state index in [-0.39, 0.29) is 0 Å². The Morgan fingerprint density at radius 3 is 2.65 bits per heavy atom. The molecule has 3 N–H and O–H groups in total. The first kappa shape index (κ1) is 13.7. The summed E-state index contributed by atoms with van der Waals surface area (Å²) in [6, 6.07) is 4.84. The second-order valence-corrected chi connectivity index (χ2v) is 6.13. The Bertz CT molecular complexity index is 411. The predicted octanol–water partition coefficient (Wildman–Crippen LogP) is 2.61. The molecule has 4 heteroatoms. The Labute approximate surface area is 121 Å². The highest BCUT2D eigenvalue weighted by molar-refractivity contribution is 5.49. The second-order valence-electron chi connectivity index (χ2n) is 6.13. The van der Waals surface area contributed by atoms with E-state index in [2.05, 4.69) is 27.3 Å². The van der Waals surface area contributed by atoms with Crippen LogP contribution in [0.15, 0.2) is 18.3 Å². The normalized spacial score (nSPS) is 26.8. The van der Waals surface area contributed by atoms with Crippen LogP contribution in [0.25, 0.3) is 0 Å². The zero-order chi connectivity index (χ0) is 13.8. The van der Waals surface area contributed by atoms with Crippen molar-refractivity contribution < 1.29 is 0 Å². The van der Waals surface area contributed by atoms with Gasteiger partial charge in [0.05, 0.1) is 11.9 Å². The first-order valence-electron chi connectivity index (χ1n) is 8.04. The minimum absolute atomic E-state index is 0.521. The fourth-order valence-electron chi connectivity index (χ4n) is 3.50. The molecule has 3 rings (SSSR count). The van der Waals surface area contributed by atoms with Crippen LogP contribution in [0.2, 0.25) is 0 Å². The smallest absolute Gasteiger partial charge is 0.128 e. The molecule has 2 fully saturated rings. The van der Waals surface area contributed by atoms with E-state index < -0.39 is 0 Å². The molecule has 1 saturated carbocycles. The van der Waals surface area contributed by atoms with Crippen LogP contribution in [0.3, 0.4) is 0 Å². The predicted molar refractivity (Wildman–Crippen MR) is 84.1 cm³/mol. The SMILES string of the molecule is NCC1CCCCC1Nc1ccc(N2CCCC2)nc1. The third-order valence-electron chi connectivity index (χ3n) is 4.74. The third kappa shape index (κ3) is 3.06. The summed E-state index contributed by atoms with van der Waals surface area (Å²) >= 11 is 0. The number of anilines is 2. The molecule has 1 aliphatic carbocycles. The van der Waals surface area contributed by atoms with Gasteiger partial charge in [0.25, 0.3) is 0 Å². The van der Waals surface area contributed by atoms with Gasteiger partial charge in [-0.2, -0.15) is 0 Å². The fraction of sp³-hybridized carbons (Fsp3) is 0.688. The molecule has 2 aliphatic rings. The van der Waals surface area contributed by atoms with E-state index in [1.165, 1.54) is 38.5 Å². The van der Waals surface area contributed by atoms with E-state index in [1.54, 1.807) is 0 Å². The molecular weight excluding hydrogens is 248 g/mol. The quantitative estimate of drug-likeness (QED) is 0.886. The molecule has 0 radical (unpaired) electrons. The number of hydrogen-bond donors (Lipinski definition) is 2. The fourth-order valence-corrected chi connectivity index (χ4v) is 3.50. The Hall–Kier alpha value is -1.29. The molecule has 20 heavy (non-hydrogen) atoms. The van der Waals surface area contributed by atoms with Gasteiger partial charge in [0.1, 0.15) is 5.82 Å². The first-order chi connectivity index (χ1) is 9.86. The van der Waals surface area contributed by atoms with Crippen LogP contribution in [-0.4, -0.2) is 30.7 Å². The molecule has 110 valence electrons. The van der Waals surface area contributed by atoms with Crippen molar-refractivity contribution in [1.29, 1.82) is 0 Å². The molecule has 0 spiro atoms. The number of rotatable bonds is 4. The minimum atomic E-state index is 0.521. The van der Waals surface area contributed by atoms with Crippen molar-refractivity contribution in [3.05, 3.63) is 18.3 Å². The lowest BCUT2D eigenvalue weighted by Gasteiger charge is -2.32. The highest BCUT2D eigenvalue weighted by Crippen LogP contribution is 2.27. The molecule has 0 aromatic carbocycles. The molecule has 1 aromatic heterocycles. The lowest BCUT2D eigenvalue weighted by Crippen LogP contribution is -2.36. The molecular formula is C16H26N4. The van der Waals surface area contributed by atoms with Gasteiger partial charge in [0.15, 0.2) is 0 Å². The van der Waals surface area contributed by atoms with Crippen molar-refractivity contribution in [2.45, 2.75) is 44.6 Å². The largest absolute Gasteiger partial charge is 0.381 e. The van der Waals surface area contributed by atoms with Crippen LogP contribution in [0.5, 0.6) is 0 Å². The van der Waals surface area contributed by atoms with Gasteiger partial charge >= 0.3 is 0 Å². The summed E-state index contributed by atoms with van der Waals surface area (Å²) < 4.78 is 0. The molecule has 0 bridgehead atoms. The average Bonchev–Trinajstić information content (AvgIpc) is 3.03. The first-order valence-corrected chi connectivity index (χ1v) is 8.04. The number of pyridine rings is 1. The Kier molecular flexibility index (Phi) is 4.41. The molecule has 2 atom stereocenters. The van der Waals surface area contributed by atoms with Crippen molar-refractivity contribution in [2.24, 2.45) is 11.7 Å². The lowest BCUT2D eigenvalue weighted by atomic mass is 9.84. The maximum atomic E-state index is 5.89. The average molecular weight is 274 g/mol. The van der Waals surface area contributed by atoms with Crippen molar-refractivity contribution in [2.75, 3.05) is 29.9 Å². The molecule has 1 aliphatic heterocycles. The summed E-state index contributed by atoms with van der Waals surface area (Å²) in [5, 5.41) is 3.64. The van der Waals surface area contributed by atoms with Crippen LogP contribution < -0.4 is 16.0 Å². The van der Waals surface area contributed by atoms with Gasteiger partial charge in [-0.05, 0) is 50.3 Å². The zero-order valence-electron chi connectivity index (χ0n) is 12.2. The molecule has 0 amide bonds. The zero-order valence-corrected chi connectivity index (χ0v) is 12.2. The van der Waals surface area contributed by atoms with E-state index in [0.717, 1.165) is 31.1 Å². The summed E-state index contributed by atoms with van der Waals surface area (Å²) in [5.41, 5.74) is 7.03. The summed E-state index contributed by atoms with van der Waals surface area (Å²) in [6.45, 7) is 3.09. The van der Waals surface area contributed by atoms with Gasteiger partial charge in [0.2, 0.25) is 0 Å². The number of hydrogen-bond acceptors (Lipinski definition) is 4. The summed E-state index contributed by atoms with van der Waals surface area (Å²) in [5.74, 6) is 1.73. The molecule has 1 saturated heterocycles. The Morgan fingerprint density at radius 1 is 1.15 bits per heavy atom. The van der Waals surface area contributed by atoms with Gasteiger partial charge in [-0.1, -0.05) is 12.8 Å². The van der Waals surface area contributed by atoms with E-state index in [0.29, 0.717) is 12.0 Å². The highest BCUT2D eigenvalue weighted by atomic mass is 15.2. The summed E-state index contributed by atoms with van der Waals surface area (Å²) in [7, 11) is 0. The monoisotopic (exact) mass is 274 g/mol. The maximum Gasteiger partial charge on any atom is 0.128 e. The molecule has 2 heterocycles. The van der Waals surface area contributed by atoms with Crippen molar-refractivity contribution >= 4 is 11.5 Å².